The third-order valence-electron chi connectivity index (χ3n) is 3.58. The molecule has 0 bridgehead atoms. The third kappa shape index (κ3) is 3.08. The van der Waals surface area contributed by atoms with Gasteiger partial charge in [-0.15, -0.1) is 0 Å². The largest absolute Gasteiger partial charge is 0.462 e. The number of hydrogen-bond donors (Lipinski definition) is 1. The summed E-state index contributed by atoms with van der Waals surface area (Å²) in [6, 6.07) is 0. The maximum absolute atomic E-state index is 11.1. The second kappa shape index (κ2) is 5.48. The van der Waals surface area contributed by atoms with Crippen LogP contribution in [0.2, 0.25) is 0 Å². The van der Waals surface area contributed by atoms with Gasteiger partial charge < -0.3 is 9.84 Å². The SMILES string of the molecule is C=C(C)C(=O)OCCCC1CCC1(O)CC. The van der Waals surface area contributed by atoms with E-state index in [0.717, 1.165) is 32.1 Å². The molecule has 2 unspecified atom stereocenters. The minimum Gasteiger partial charge on any atom is -0.462 e. The fourth-order valence-corrected chi connectivity index (χ4v) is 2.18. The molecule has 0 spiro atoms. The fourth-order valence-electron chi connectivity index (χ4n) is 2.18. The van der Waals surface area contributed by atoms with Gasteiger partial charge >= 0.3 is 5.97 Å². The van der Waals surface area contributed by atoms with E-state index in [-0.39, 0.29) is 5.97 Å². The van der Waals surface area contributed by atoms with E-state index < -0.39 is 5.60 Å². The van der Waals surface area contributed by atoms with Crippen molar-refractivity contribution < 1.29 is 14.6 Å². The van der Waals surface area contributed by atoms with Gasteiger partial charge in [0.1, 0.15) is 0 Å². The van der Waals surface area contributed by atoms with E-state index in [2.05, 4.69) is 6.58 Å². The first-order valence-electron chi connectivity index (χ1n) is 6.04. The van der Waals surface area contributed by atoms with E-state index in [1.54, 1.807) is 6.92 Å². The van der Waals surface area contributed by atoms with E-state index in [0.29, 0.717) is 18.1 Å². The Balaban J connectivity index is 2.13. The van der Waals surface area contributed by atoms with Crippen LogP contribution in [0.5, 0.6) is 0 Å². The Bertz CT molecular complexity index is 268. The molecule has 2 atom stereocenters. The van der Waals surface area contributed by atoms with Crippen LogP contribution < -0.4 is 0 Å². The van der Waals surface area contributed by atoms with E-state index >= 15 is 0 Å². The normalized spacial score (nSPS) is 28.3. The first-order valence-corrected chi connectivity index (χ1v) is 6.04. The van der Waals surface area contributed by atoms with Gasteiger partial charge in [-0.1, -0.05) is 13.5 Å². The summed E-state index contributed by atoms with van der Waals surface area (Å²) in [5, 5.41) is 10.1. The lowest BCUT2D eigenvalue weighted by molar-refractivity contribution is -0.139. The van der Waals surface area contributed by atoms with Crippen molar-refractivity contribution in [2.45, 2.75) is 51.6 Å². The molecular weight excluding hydrogens is 204 g/mol. The summed E-state index contributed by atoms with van der Waals surface area (Å²) in [6.07, 6.45) is 4.60. The summed E-state index contributed by atoms with van der Waals surface area (Å²) in [6.45, 7) is 7.61. The lowest BCUT2D eigenvalue weighted by Crippen LogP contribution is -2.46. The molecule has 92 valence electrons. The lowest BCUT2D eigenvalue weighted by Gasteiger charge is -2.45. The number of aliphatic hydroxyl groups is 1. The molecule has 0 aromatic carbocycles. The van der Waals surface area contributed by atoms with Crippen molar-refractivity contribution in [1.29, 1.82) is 0 Å². The second-order valence-electron chi connectivity index (χ2n) is 4.75. The summed E-state index contributed by atoms with van der Waals surface area (Å²) in [4.78, 5) is 11.1. The second-order valence-corrected chi connectivity index (χ2v) is 4.75. The molecular formula is C13H22O3. The molecule has 0 radical (unpaired) electrons. The first kappa shape index (κ1) is 13.2. The predicted octanol–water partition coefficient (Wildman–Crippen LogP) is 2.44. The van der Waals surface area contributed by atoms with Gasteiger partial charge in [0, 0.05) is 5.57 Å². The van der Waals surface area contributed by atoms with Crippen LogP contribution in [-0.2, 0) is 9.53 Å². The Kier molecular flexibility index (Phi) is 4.54. The Morgan fingerprint density at radius 2 is 2.31 bits per heavy atom. The summed E-state index contributed by atoms with van der Waals surface area (Å²) in [5.74, 6) is 0.0698. The van der Waals surface area contributed by atoms with Crippen LogP contribution in [0.25, 0.3) is 0 Å². The van der Waals surface area contributed by atoms with E-state index in [1.165, 1.54) is 0 Å². The molecule has 0 aromatic heterocycles. The van der Waals surface area contributed by atoms with Crippen molar-refractivity contribution in [3.63, 3.8) is 0 Å². The molecule has 0 aliphatic heterocycles. The average Bonchev–Trinajstić information content (AvgIpc) is 2.25. The van der Waals surface area contributed by atoms with Gasteiger partial charge in [0.05, 0.1) is 12.2 Å². The van der Waals surface area contributed by atoms with Gasteiger partial charge in [-0.05, 0) is 44.9 Å². The summed E-state index contributed by atoms with van der Waals surface area (Å²) < 4.78 is 5.00. The molecule has 1 rings (SSSR count). The number of hydrogen-bond acceptors (Lipinski definition) is 3. The molecule has 0 aromatic rings. The maximum Gasteiger partial charge on any atom is 0.333 e. The lowest BCUT2D eigenvalue weighted by atomic mass is 9.66. The number of carbonyl (C=O) groups excluding carboxylic acids is 1. The van der Waals surface area contributed by atoms with Gasteiger partial charge in [-0.2, -0.15) is 0 Å². The number of rotatable bonds is 6. The highest BCUT2D eigenvalue weighted by Crippen LogP contribution is 2.43. The first-order chi connectivity index (χ1) is 7.49. The molecule has 0 saturated heterocycles. The van der Waals surface area contributed by atoms with Crippen molar-refractivity contribution in [1.82, 2.24) is 0 Å². The summed E-state index contributed by atoms with van der Waals surface area (Å²) >= 11 is 0. The molecule has 0 heterocycles. The number of ether oxygens (including phenoxy) is 1. The monoisotopic (exact) mass is 226 g/mol. The van der Waals surface area contributed by atoms with Gasteiger partial charge in [-0.3, -0.25) is 0 Å². The van der Waals surface area contributed by atoms with Crippen LogP contribution >= 0.6 is 0 Å². The molecule has 0 amide bonds. The van der Waals surface area contributed by atoms with Gasteiger partial charge in [0.2, 0.25) is 0 Å². The summed E-state index contributed by atoms with van der Waals surface area (Å²) in [7, 11) is 0. The molecule has 1 saturated carbocycles. The standard InChI is InChI=1S/C13H22O3/c1-4-13(15)8-7-11(13)6-5-9-16-12(14)10(2)3/h11,15H,2,4-9H2,1,3H3. The maximum atomic E-state index is 11.1. The Hall–Kier alpha value is -0.830. The van der Waals surface area contributed by atoms with Crippen molar-refractivity contribution in [2.24, 2.45) is 5.92 Å². The predicted molar refractivity (Wildman–Crippen MR) is 63.0 cm³/mol. The van der Waals surface area contributed by atoms with Gasteiger partial charge in [0.25, 0.3) is 0 Å². The zero-order valence-electron chi connectivity index (χ0n) is 10.3. The zero-order valence-corrected chi connectivity index (χ0v) is 10.3. The summed E-state index contributed by atoms with van der Waals surface area (Å²) in [5.41, 5.74) is -0.00745. The zero-order chi connectivity index (χ0) is 12.2. The van der Waals surface area contributed by atoms with Crippen molar-refractivity contribution in [3.8, 4) is 0 Å². The third-order valence-corrected chi connectivity index (χ3v) is 3.58. The molecule has 16 heavy (non-hydrogen) atoms. The minimum absolute atomic E-state index is 0.320. The van der Waals surface area contributed by atoms with E-state index in [4.69, 9.17) is 4.74 Å². The highest BCUT2D eigenvalue weighted by Gasteiger charge is 2.42. The van der Waals surface area contributed by atoms with E-state index in [9.17, 15) is 9.90 Å². The minimum atomic E-state index is -0.446. The molecule has 1 aliphatic carbocycles. The van der Waals surface area contributed by atoms with Crippen LogP contribution in [0.4, 0.5) is 0 Å². The van der Waals surface area contributed by atoms with Crippen LogP contribution in [-0.4, -0.2) is 23.3 Å². The highest BCUT2D eigenvalue weighted by molar-refractivity contribution is 5.86. The van der Waals surface area contributed by atoms with Crippen LogP contribution in [0.1, 0.15) is 46.0 Å². The van der Waals surface area contributed by atoms with Gasteiger partial charge in [0.15, 0.2) is 0 Å². The molecule has 1 N–H and O–H groups in total. The van der Waals surface area contributed by atoms with Gasteiger partial charge in [-0.25, -0.2) is 4.79 Å². The van der Waals surface area contributed by atoms with Crippen LogP contribution in [0, 0.1) is 5.92 Å². The van der Waals surface area contributed by atoms with Crippen LogP contribution in [0.15, 0.2) is 12.2 Å². The molecule has 1 fully saturated rings. The van der Waals surface area contributed by atoms with Crippen molar-refractivity contribution in [2.75, 3.05) is 6.61 Å². The fraction of sp³-hybridized carbons (Fsp3) is 0.769. The number of esters is 1. The van der Waals surface area contributed by atoms with Crippen molar-refractivity contribution in [3.05, 3.63) is 12.2 Å². The highest BCUT2D eigenvalue weighted by atomic mass is 16.5. The Morgan fingerprint density at radius 3 is 2.75 bits per heavy atom. The average molecular weight is 226 g/mol. The Morgan fingerprint density at radius 1 is 1.62 bits per heavy atom. The number of carbonyl (C=O) groups is 1. The van der Waals surface area contributed by atoms with Crippen molar-refractivity contribution >= 4 is 5.97 Å². The van der Waals surface area contributed by atoms with E-state index in [1.807, 2.05) is 6.92 Å². The smallest absolute Gasteiger partial charge is 0.333 e. The topological polar surface area (TPSA) is 46.5 Å². The van der Waals surface area contributed by atoms with Crippen LogP contribution in [0.3, 0.4) is 0 Å². The molecule has 3 nitrogen and oxygen atoms in total. The molecule has 1 aliphatic rings. The Labute approximate surface area is 97.5 Å². The quantitative estimate of drug-likeness (QED) is 0.430. The molecule has 3 heteroatoms.